The Morgan fingerprint density at radius 2 is 2.20 bits per heavy atom. The van der Waals surface area contributed by atoms with Crippen molar-refractivity contribution in [3.05, 3.63) is 41.7 Å². The molecule has 2 nitrogen and oxygen atoms in total. The van der Waals surface area contributed by atoms with Crippen LogP contribution < -0.4 is 5.73 Å². The molecule has 0 fully saturated rings. The van der Waals surface area contributed by atoms with Gasteiger partial charge in [0.2, 0.25) is 0 Å². The molecule has 0 aliphatic carbocycles. The van der Waals surface area contributed by atoms with Gasteiger partial charge in [-0.2, -0.15) is 0 Å². The average molecular weight is 221 g/mol. The van der Waals surface area contributed by atoms with Crippen molar-refractivity contribution >= 4 is 11.8 Å². The minimum atomic E-state index is -0.115. The fourth-order valence-electron chi connectivity index (χ4n) is 1.73. The van der Waals surface area contributed by atoms with Crippen molar-refractivity contribution in [1.82, 2.24) is 0 Å². The maximum atomic E-state index is 6.17. The highest BCUT2D eigenvalue weighted by Gasteiger charge is 2.18. The maximum Gasteiger partial charge on any atom is 0.113 e. The zero-order chi connectivity index (χ0) is 10.7. The first-order valence-corrected chi connectivity index (χ1v) is 6.26. The zero-order valence-electron chi connectivity index (χ0n) is 8.77. The van der Waals surface area contributed by atoms with Gasteiger partial charge in [0.15, 0.2) is 0 Å². The molecule has 0 saturated carbocycles. The van der Waals surface area contributed by atoms with Crippen LogP contribution in [0.2, 0.25) is 0 Å². The van der Waals surface area contributed by atoms with Crippen molar-refractivity contribution in [2.45, 2.75) is 17.4 Å². The Hall–Kier alpha value is -0.930. The van der Waals surface area contributed by atoms with Crippen molar-refractivity contribution < 1.29 is 4.74 Å². The number of rotatable bonds is 3. The third-order valence-corrected chi connectivity index (χ3v) is 3.32. The molecule has 3 heteroatoms. The summed E-state index contributed by atoms with van der Waals surface area (Å²) in [5.74, 6) is 0.913. The second kappa shape index (κ2) is 4.73. The molecule has 0 aromatic heterocycles. The van der Waals surface area contributed by atoms with E-state index in [0.717, 1.165) is 24.4 Å². The topological polar surface area (TPSA) is 35.2 Å². The molecule has 0 spiro atoms. The minimum absolute atomic E-state index is 0.115. The number of benzene rings is 1. The first-order valence-electron chi connectivity index (χ1n) is 5.04. The van der Waals surface area contributed by atoms with Crippen molar-refractivity contribution in [3.8, 4) is 0 Å². The summed E-state index contributed by atoms with van der Waals surface area (Å²) in [5, 5.41) is 0. The van der Waals surface area contributed by atoms with Crippen molar-refractivity contribution in [2.75, 3.05) is 12.9 Å². The van der Waals surface area contributed by atoms with E-state index >= 15 is 0 Å². The summed E-state index contributed by atoms with van der Waals surface area (Å²) in [6, 6.07) is 8.10. The summed E-state index contributed by atoms with van der Waals surface area (Å²) in [6.07, 6.45) is 5.13. The van der Waals surface area contributed by atoms with Crippen LogP contribution in [0, 0.1) is 0 Å². The fraction of sp³-hybridized carbons (Fsp3) is 0.333. The molecule has 2 N–H and O–H groups in total. The summed E-state index contributed by atoms with van der Waals surface area (Å²) in [4.78, 5) is 1.22. The Bertz CT molecular complexity index is 376. The van der Waals surface area contributed by atoms with Gasteiger partial charge in [-0.1, -0.05) is 18.2 Å². The SMILES string of the molecule is CSc1ccccc1C(N)C1=CCCO1. The largest absolute Gasteiger partial charge is 0.496 e. The summed E-state index contributed by atoms with van der Waals surface area (Å²) in [7, 11) is 0. The lowest BCUT2D eigenvalue weighted by atomic mass is 10.1. The predicted molar refractivity (Wildman–Crippen MR) is 63.8 cm³/mol. The van der Waals surface area contributed by atoms with Crippen LogP contribution in [0.4, 0.5) is 0 Å². The second-order valence-corrected chi connectivity index (χ2v) is 4.31. The van der Waals surface area contributed by atoms with Crippen LogP contribution in [0.5, 0.6) is 0 Å². The van der Waals surface area contributed by atoms with Crippen molar-refractivity contribution in [2.24, 2.45) is 5.73 Å². The van der Waals surface area contributed by atoms with E-state index in [-0.39, 0.29) is 6.04 Å². The highest BCUT2D eigenvalue weighted by Crippen LogP contribution is 2.30. The van der Waals surface area contributed by atoms with Gasteiger partial charge in [0.25, 0.3) is 0 Å². The Labute approximate surface area is 94.5 Å². The molecule has 80 valence electrons. The average Bonchev–Trinajstić information content (AvgIpc) is 2.81. The molecule has 1 aliphatic heterocycles. The summed E-state index contributed by atoms with van der Waals surface area (Å²) >= 11 is 1.72. The van der Waals surface area contributed by atoms with E-state index < -0.39 is 0 Å². The first-order chi connectivity index (χ1) is 7.33. The summed E-state index contributed by atoms with van der Waals surface area (Å²) < 4.78 is 5.50. The van der Waals surface area contributed by atoms with Gasteiger partial charge in [0.1, 0.15) is 5.76 Å². The second-order valence-electron chi connectivity index (χ2n) is 3.46. The van der Waals surface area contributed by atoms with Crippen molar-refractivity contribution in [1.29, 1.82) is 0 Å². The van der Waals surface area contributed by atoms with Gasteiger partial charge in [-0.15, -0.1) is 11.8 Å². The van der Waals surface area contributed by atoms with Crippen LogP contribution in [-0.4, -0.2) is 12.9 Å². The highest BCUT2D eigenvalue weighted by atomic mass is 32.2. The Morgan fingerprint density at radius 3 is 2.87 bits per heavy atom. The number of ether oxygens (including phenoxy) is 1. The van der Waals surface area contributed by atoms with Gasteiger partial charge in [-0.3, -0.25) is 0 Å². The van der Waals surface area contributed by atoms with E-state index in [2.05, 4.69) is 24.5 Å². The van der Waals surface area contributed by atoms with Crippen LogP contribution in [0.3, 0.4) is 0 Å². The highest BCUT2D eigenvalue weighted by molar-refractivity contribution is 7.98. The Morgan fingerprint density at radius 1 is 1.40 bits per heavy atom. The molecule has 1 atom stereocenters. The van der Waals surface area contributed by atoms with E-state index in [1.54, 1.807) is 11.8 Å². The molecule has 1 unspecified atom stereocenters. The van der Waals surface area contributed by atoms with E-state index in [9.17, 15) is 0 Å². The molecule has 15 heavy (non-hydrogen) atoms. The van der Waals surface area contributed by atoms with E-state index in [1.165, 1.54) is 4.90 Å². The summed E-state index contributed by atoms with van der Waals surface area (Å²) in [5.41, 5.74) is 7.32. The number of thioether (sulfide) groups is 1. The van der Waals surface area contributed by atoms with Gasteiger partial charge in [0.05, 0.1) is 12.6 Å². The molecule has 0 amide bonds. The van der Waals surface area contributed by atoms with Gasteiger partial charge >= 0.3 is 0 Å². The van der Waals surface area contributed by atoms with Crippen LogP contribution >= 0.6 is 11.8 Å². The normalized spacial score (nSPS) is 17.1. The number of hydrogen-bond acceptors (Lipinski definition) is 3. The van der Waals surface area contributed by atoms with E-state index in [4.69, 9.17) is 10.5 Å². The Balaban J connectivity index is 2.27. The monoisotopic (exact) mass is 221 g/mol. The minimum Gasteiger partial charge on any atom is -0.496 e. The van der Waals surface area contributed by atoms with Gasteiger partial charge in [0, 0.05) is 11.3 Å². The maximum absolute atomic E-state index is 6.17. The van der Waals surface area contributed by atoms with Crippen LogP contribution in [0.1, 0.15) is 18.0 Å². The van der Waals surface area contributed by atoms with Gasteiger partial charge < -0.3 is 10.5 Å². The zero-order valence-corrected chi connectivity index (χ0v) is 9.59. The summed E-state index contributed by atoms with van der Waals surface area (Å²) in [6.45, 7) is 0.768. The fourth-order valence-corrected chi connectivity index (χ4v) is 2.38. The predicted octanol–water partition coefficient (Wildman–Crippen LogP) is 2.71. The van der Waals surface area contributed by atoms with Crippen LogP contribution in [-0.2, 0) is 4.74 Å². The molecule has 1 aliphatic rings. The van der Waals surface area contributed by atoms with Crippen molar-refractivity contribution in [3.63, 3.8) is 0 Å². The molecule has 0 saturated heterocycles. The molecular weight excluding hydrogens is 206 g/mol. The number of nitrogens with two attached hydrogens (primary N) is 1. The molecular formula is C12H15NOS. The van der Waals surface area contributed by atoms with Gasteiger partial charge in [-0.05, 0) is 24.0 Å². The molecule has 0 bridgehead atoms. The van der Waals surface area contributed by atoms with Crippen LogP contribution in [0.15, 0.2) is 41.0 Å². The van der Waals surface area contributed by atoms with Crippen LogP contribution in [0.25, 0.3) is 0 Å². The number of hydrogen-bond donors (Lipinski definition) is 1. The third kappa shape index (κ3) is 2.19. The molecule has 1 aromatic carbocycles. The quantitative estimate of drug-likeness (QED) is 0.797. The molecule has 2 rings (SSSR count). The Kier molecular flexibility index (Phi) is 3.34. The first kappa shape index (κ1) is 10.6. The molecule has 1 aromatic rings. The lowest BCUT2D eigenvalue weighted by Crippen LogP contribution is -2.14. The van der Waals surface area contributed by atoms with E-state index in [1.807, 2.05) is 12.1 Å². The molecule has 0 radical (unpaired) electrons. The third-order valence-electron chi connectivity index (χ3n) is 2.51. The molecule has 1 heterocycles. The lowest BCUT2D eigenvalue weighted by molar-refractivity contribution is 0.225. The lowest BCUT2D eigenvalue weighted by Gasteiger charge is -2.16. The van der Waals surface area contributed by atoms with E-state index in [0.29, 0.717) is 0 Å². The smallest absolute Gasteiger partial charge is 0.113 e. The van der Waals surface area contributed by atoms with Gasteiger partial charge in [-0.25, -0.2) is 0 Å². The standard InChI is InChI=1S/C12H15NOS/c1-15-11-7-3-2-5-9(11)12(13)10-6-4-8-14-10/h2-3,5-7,12H,4,8,13H2,1H3.